The SMILES string of the molecule is O=C(O)CC[13c]1ccc[13cH][13cH]1. The maximum absolute atomic E-state index is 10.2. The molecule has 1 aromatic carbocycles. The van der Waals surface area contributed by atoms with Crippen LogP contribution in [0, 0.1) is 0 Å². The van der Waals surface area contributed by atoms with Gasteiger partial charge < -0.3 is 5.11 Å². The second-order valence-corrected chi connectivity index (χ2v) is 2.38. The Morgan fingerprint density at radius 2 is 1.91 bits per heavy atom. The average molecular weight is 153 g/mol. The highest BCUT2D eigenvalue weighted by Crippen LogP contribution is 2.01. The van der Waals surface area contributed by atoms with Crippen LogP contribution in [-0.2, 0) is 11.2 Å². The van der Waals surface area contributed by atoms with Gasteiger partial charge in [0.1, 0.15) is 0 Å². The van der Waals surface area contributed by atoms with Crippen molar-refractivity contribution in [3.8, 4) is 0 Å². The lowest BCUT2D eigenvalue weighted by Crippen LogP contribution is -1.96. The Morgan fingerprint density at radius 3 is 2.45 bits per heavy atom. The van der Waals surface area contributed by atoms with Gasteiger partial charge in [-0.05, 0) is 12.0 Å². The lowest BCUT2D eigenvalue weighted by atomic mass is 10.4. The minimum atomic E-state index is -0.742. The van der Waals surface area contributed by atoms with Gasteiger partial charge >= 0.3 is 5.97 Å². The summed E-state index contributed by atoms with van der Waals surface area (Å²) < 4.78 is 0. The fourth-order valence-electron chi connectivity index (χ4n) is 0.896. The normalized spacial score (nSPS) is 9.45. The fraction of sp³-hybridized carbons (Fsp3) is 0.222. The maximum atomic E-state index is 10.2. The highest BCUT2D eigenvalue weighted by molar-refractivity contribution is 5.67. The summed E-state index contributed by atoms with van der Waals surface area (Å²) in [5.41, 5.74) is 1.08. The summed E-state index contributed by atoms with van der Waals surface area (Å²) in [4.78, 5) is 10.2. The van der Waals surface area contributed by atoms with Gasteiger partial charge in [-0.1, -0.05) is 30.3 Å². The first kappa shape index (κ1) is 7.79. The van der Waals surface area contributed by atoms with Crippen molar-refractivity contribution in [3.63, 3.8) is 0 Å². The van der Waals surface area contributed by atoms with Crippen LogP contribution in [0.3, 0.4) is 0 Å². The Bertz CT molecular complexity index is 229. The molecule has 0 bridgehead atoms. The molecule has 2 heteroatoms. The molecule has 0 fully saturated rings. The van der Waals surface area contributed by atoms with Crippen molar-refractivity contribution in [3.05, 3.63) is 35.9 Å². The van der Waals surface area contributed by atoms with Crippen LogP contribution in [0.1, 0.15) is 12.0 Å². The Labute approximate surface area is 65.5 Å². The van der Waals surface area contributed by atoms with Gasteiger partial charge in [-0.2, -0.15) is 0 Å². The molecule has 0 atom stereocenters. The third kappa shape index (κ3) is 2.85. The molecule has 1 N–H and O–H groups in total. The van der Waals surface area contributed by atoms with E-state index >= 15 is 0 Å². The Hall–Kier alpha value is -1.31. The third-order valence-corrected chi connectivity index (χ3v) is 1.47. The minimum absolute atomic E-state index is 0.212. The van der Waals surface area contributed by atoms with Crippen LogP contribution >= 0.6 is 0 Å². The molecule has 1 rings (SSSR count). The van der Waals surface area contributed by atoms with Crippen molar-refractivity contribution in [2.45, 2.75) is 12.8 Å². The van der Waals surface area contributed by atoms with E-state index in [-0.39, 0.29) is 6.42 Å². The molecule has 11 heavy (non-hydrogen) atoms. The summed E-state index contributed by atoms with van der Waals surface area (Å²) in [5.74, 6) is -0.742. The first-order valence-corrected chi connectivity index (χ1v) is 3.55. The van der Waals surface area contributed by atoms with E-state index in [2.05, 4.69) is 0 Å². The first-order valence-electron chi connectivity index (χ1n) is 3.55. The van der Waals surface area contributed by atoms with Crippen molar-refractivity contribution in [2.24, 2.45) is 0 Å². The van der Waals surface area contributed by atoms with E-state index in [1.165, 1.54) is 0 Å². The van der Waals surface area contributed by atoms with Gasteiger partial charge in [-0.15, -0.1) is 0 Å². The van der Waals surface area contributed by atoms with Crippen molar-refractivity contribution in [2.75, 3.05) is 0 Å². The molecule has 0 saturated heterocycles. The van der Waals surface area contributed by atoms with Crippen molar-refractivity contribution < 1.29 is 9.90 Å². The molecule has 58 valence electrons. The predicted molar refractivity (Wildman–Crippen MR) is 42.4 cm³/mol. The molecule has 0 saturated carbocycles. The number of benzene rings is 1. The van der Waals surface area contributed by atoms with E-state index in [0.717, 1.165) is 5.56 Å². The Kier molecular flexibility index (Phi) is 2.66. The highest BCUT2D eigenvalue weighted by Gasteiger charge is 1.96. The van der Waals surface area contributed by atoms with E-state index in [4.69, 9.17) is 5.11 Å². The summed E-state index contributed by atoms with van der Waals surface area (Å²) in [7, 11) is 0. The van der Waals surface area contributed by atoms with E-state index in [1.54, 1.807) is 0 Å². The van der Waals surface area contributed by atoms with E-state index in [9.17, 15) is 4.79 Å². The molecule has 0 aromatic heterocycles. The molecule has 2 nitrogen and oxygen atoms in total. The molecular formula is C9H10O2. The molecule has 0 spiro atoms. The monoisotopic (exact) mass is 153 g/mol. The molecule has 0 unspecified atom stereocenters. The van der Waals surface area contributed by atoms with E-state index < -0.39 is 5.97 Å². The number of hydrogen-bond acceptors (Lipinski definition) is 1. The first-order chi connectivity index (χ1) is 5.29. The van der Waals surface area contributed by atoms with Gasteiger partial charge in [-0.25, -0.2) is 0 Å². The van der Waals surface area contributed by atoms with Gasteiger partial charge in [0, 0.05) is 6.42 Å². The average Bonchev–Trinajstić information content (AvgIpc) is 2.03. The summed E-state index contributed by atoms with van der Waals surface area (Å²) in [5, 5.41) is 8.37. The van der Waals surface area contributed by atoms with Gasteiger partial charge in [0.25, 0.3) is 0 Å². The van der Waals surface area contributed by atoms with Crippen LogP contribution in [0.15, 0.2) is 30.3 Å². The number of carbonyl (C=O) groups is 1. The lowest BCUT2D eigenvalue weighted by molar-refractivity contribution is -0.136. The van der Waals surface area contributed by atoms with Crippen LogP contribution in [-0.4, -0.2) is 11.1 Å². The fourth-order valence-corrected chi connectivity index (χ4v) is 0.896. The number of aliphatic carboxylic acids is 1. The quantitative estimate of drug-likeness (QED) is 0.717. The smallest absolute Gasteiger partial charge is 0.303 e. The zero-order valence-electron chi connectivity index (χ0n) is 6.16. The molecule has 1 aromatic rings. The predicted octanol–water partition coefficient (Wildman–Crippen LogP) is 1.70. The number of hydrogen-bond donors (Lipinski definition) is 1. The minimum Gasteiger partial charge on any atom is -0.481 e. The maximum Gasteiger partial charge on any atom is 0.303 e. The standard InChI is InChI=1S/C9H10O2/c10-9(11)7-6-8-4-2-1-3-5-8/h1-5H,6-7H2,(H,10,11)/i2+1,4+1,8+1. The van der Waals surface area contributed by atoms with Gasteiger partial charge in [0.05, 0.1) is 0 Å². The van der Waals surface area contributed by atoms with Crippen LogP contribution in [0.5, 0.6) is 0 Å². The van der Waals surface area contributed by atoms with Crippen LogP contribution in [0.4, 0.5) is 0 Å². The third-order valence-electron chi connectivity index (χ3n) is 1.47. The summed E-state index contributed by atoms with van der Waals surface area (Å²) in [6.07, 6.45) is 0.834. The highest BCUT2D eigenvalue weighted by atomic mass is 16.4. The number of carboxylic acids is 1. The number of carboxylic acid groups (broad SMARTS) is 1. The molecule has 0 amide bonds. The summed E-state index contributed by atoms with van der Waals surface area (Å²) in [6, 6.07) is 9.62. The van der Waals surface area contributed by atoms with Gasteiger partial charge in [-0.3, -0.25) is 4.79 Å². The second kappa shape index (κ2) is 3.76. The zero-order valence-corrected chi connectivity index (χ0v) is 6.16. The van der Waals surface area contributed by atoms with Crippen LogP contribution in [0.25, 0.3) is 0 Å². The van der Waals surface area contributed by atoms with Crippen LogP contribution < -0.4 is 0 Å². The van der Waals surface area contributed by atoms with Crippen molar-refractivity contribution in [1.82, 2.24) is 0 Å². The summed E-state index contributed by atoms with van der Waals surface area (Å²) >= 11 is 0. The number of aryl methyl sites for hydroxylation is 1. The molecule has 0 aliphatic heterocycles. The molecule has 0 aliphatic rings. The van der Waals surface area contributed by atoms with Crippen molar-refractivity contribution in [1.29, 1.82) is 0 Å². The molecular weight excluding hydrogens is 143 g/mol. The van der Waals surface area contributed by atoms with E-state index in [0.29, 0.717) is 6.42 Å². The molecule has 0 heterocycles. The van der Waals surface area contributed by atoms with Crippen molar-refractivity contribution >= 4 is 5.97 Å². The number of rotatable bonds is 3. The Balaban J connectivity index is 2.45. The lowest BCUT2D eigenvalue weighted by Gasteiger charge is -1.95. The molecule has 0 radical (unpaired) electrons. The molecule has 0 aliphatic carbocycles. The topological polar surface area (TPSA) is 37.3 Å². The van der Waals surface area contributed by atoms with Gasteiger partial charge in [0.15, 0.2) is 0 Å². The Morgan fingerprint density at radius 1 is 1.27 bits per heavy atom. The van der Waals surface area contributed by atoms with E-state index in [1.807, 2.05) is 30.3 Å². The summed E-state index contributed by atoms with van der Waals surface area (Å²) in [6.45, 7) is 0. The van der Waals surface area contributed by atoms with Gasteiger partial charge in [0.2, 0.25) is 0 Å². The van der Waals surface area contributed by atoms with Crippen LogP contribution in [0.2, 0.25) is 0 Å². The largest absolute Gasteiger partial charge is 0.481 e. The second-order valence-electron chi connectivity index (χ2n) is 2.38. The zero-order chi connectivity index (χ0) is 8.10.